The second-order valence-corrected chi connectivity index (χ2v) is 6.67. The number of nitrogens with zero attached hydrogens (tertiary/aromatic N) is 4. The molecule has 0 N–H and O–H groups in total. The highest BCUT2D eigenvalue weighted by atomic mass is 35.5. The summed E-state index contributed by atoms with van der Waals surface area (Å²) in [5, 5.41) is 5.20. The number of carbonyl (C=O) groups excluding carboxylic acids is 1. The van der Waals surface area contributed by atoms with Crippen LogP contribution in [0, 0.1) is 6.92 Å². The van der Waals surface area contributed by atoms with Crippen molar-refractivity contribution in [2.45, 2.75) is 13.5 Å². The Morgan fingerprint density at radius 2 is 1.78 bits per heavy atom. The van der Waals surface area contributed by atoms with Gasteiger partial charge in [-0.2, -0.15) is 5.10 Å². The SMILES string of the molecule is Cc1ccc(-n2ncc3c(=O)n(CC(=O)c4ccc(Cl)cc4)cnc32)cc1. The summed E-state index contributed by atoms with van der Waals surface area (Å²) in [5.41, 5.74) is 2.59. The minimum absolute atomic E-state index is 0.0981. The molecule has 0 bridgehead atoms. The maximum Gasteiger partial charge on any atom is 0.264 e. The molecule has 0 fully saturated rings. The van der Waals surface area contributed by atoms with Gasteiger partial charge in [-0.25, -0.2) is 9.67 Å². The summed E-state index contributed by atoms with van der Waals surface area (Å²) < 4.78 is 2.90. The number of rotatable bonds is 4. The van der Waals surface area contributed by atoms with E-state index in [0.717, 1.165) is 11.3 Å². The standard InChI is InChI=1S/C20H15ClN4O2/c1-13-2-8-16(9-3-13)25-19-17(10-23-25)20(27)24(12-22-19)11-18(26)14-4-6-15(21)7-5-14/h2-10,12H,11H2,1H3. The Kier molecular flexibility index (Phi) is 4.33. The van der Waals surface area contributed by atoms with Gasteiger partial charge in [0.05, 0.1) is 18.4 Å². The molecule has 0 aliphatic heterocycles. The molecule has 4 rings (SSSR count). The van der Waals surface area contributed by atoms with Crippen LogP contribution in [0.1, 0.15) is 15.9 Å². The first-order valence-electron chi connectivity index (χ1n) is 8.32. The van der Waals surface area contributed by atoms with E-state index in [0.29, 0.717) is 21.6 Å². The van der Waals surface area contributed by atoms with Gasteiger partial charge in [0.1, 0.15) is 11.7 Å². The van der Waals surface area contributed by atoms with Crippen LogP contribution >= 0.6 is 11.6 Å². The maximum absolute atomic E-state index is 12.7. The van der Waals surface area contributed by atoms with Gasteiger partial charge in [0.25, 0.3) is 5.56 Å². The lowest BCUT2D eigenvalue weighted by Crippen LogP contribution is -2.24. The molecule has 6 nitrogen and oxygen atoms in total. The number of aryl methyl sites for hydroxylation is 1. The molecule has 7 heteroatoms. The van der Waals surface area contributed by atoms with Gasteiger partial charge in [0.2, 0.25) is 0 Å². The fourth-order valence-electron chi connectivity index (χ4n) is 2.82. The summed E-state index contributed by atoms with van der Waals surface area (Å²) in [6.45, 7) is 1.90. The quantitative estimate of drug-likeness (QED) is 0.510. The van der Waals surface area contributed by atoms with E-state index in [-0.39, 0.29) is 17.9 Å². The van der Waals surface area contributed by atoms with Crippen LogP contribution in [-0.2, 0) is 6.54 Å². The maximum atomic E-state index is 12.7. The highest BCUT2D eigenvalue weighted by molar-refractivity contribution is 6.30. The van der Waals surface area contributed by atoms with Crippen molar-refractivity contribution in [3.8, 4) is 5.69 Å². The lowest BCUT2D eigenvalue weighted by molar-refractivity contribution is 0.0970. The fraction of sp³-hybridized carbons (Fsp3) is 0.100. The normalized spacial score (nSPS) is 11.0. The van der Waals surface area contributed by atoms with Crippen LogP contribution in [0.3, 0.4) is 0 Å². The van der Waals surface area contributed by atoms with Crippen molar-refractivity contribution in [1.29, 1.82) is 0 Å². The summed E-state index contributed by atoms with van der Waals surface area (Å²) in [6.07, 6.45) is 2.86. The highest BCUT2D eigenvalue weighted by Crippen LogP contribution is 2.15. The Bertz CT molecular complexity index is 1190. The van der Waals surface area contributed by atoms with Crippen molar-refractivity contribution in [3.63, 3.8) is 0 Å². The topological polar surface area (TPSA) is 69.8 Å². The first-order chi connectivity index (χ1) is 13.0. The van der Waals surface area contributed by atoms with Crippen molar-refractivity contribution in [3.05, 3.63) is 87.6 Å². The molecule has 0 aliphatic carbocycles. The summed E-state index contributed by atoms with van der Waals surface area (Å²) in [5.74, 6) is -0.194. The van der Waals surface area contributed by atoms with Crippen LogP contribution < -0.4 is 5.56 Å². The molecule has 2 aromatic carbocycles. The number of Topliss-reactive ketones (excluding diaryl/α,β-unsaturated/α-hetero) is 1. The number of carbonyl (C=O) groups is 1. The smallest absolute Gasteiger partial charge is 0.264 e. The molecular weight excluding hydrogens is 364 g/mol. The number of benzene rings is 2. The number of aromatic nitrogens is 4. The molecule has 0 amide bonds. The molecule has 0 unspecified atom stereocenters. The summed E-state index contributed by atoms with van der Waals surface area (Å²) in [6, 6.07) is 14.3. The van der Waals surface area contributed by atoms with Gasteiger partial charge in [0, 0.05) is 10.6 Å². The van der Waals surface area contributed by atoms with Crippen molar-refractivity contribution in [2.24, 2.45) is 0 Å². The Hall–Kier alpha value is -3.25. The Balaban J connectivity index is 1.69. The van der Waals surface area contributed by atoms with Crippen LogP contribution in [0.5, 0.6) is 0 Å². The zero-order chi connectivity index (χ0) is 19.0. The second kappa shape index (κ2) is 6.81. The molecule has 0 saturated carbocycles. The molecule has 0 atom stereocenters. The molecule has 0 saturated heterocycles. The van der Waals surface area contributed by atoms with Crippen LogP contribution in [-0.4, -0.2) is 25.1 Å². The molecule has 0 radical (unpaired) electrons. The third-order valence-electron chi connectivity index (χ3n) is 4.31. The first-order valence-corrected chi connectivity index (χ1v) is 8.70. The van der Waals surface area contributed by atoms with Gasteiger partial charge in [-0.15, -0.1) is 0 Å². The van der Waals surface area contributed by atoms with Crippen LogP contribution in [0.2, 0.25) is 5.02 Å². The molecule has 2 heterocycles. The third kappa shape index (κ3) is 3.27. The lowest BCUT2D eigenvalue weighted by atomic mass is 10.1. The third-order valence-corrected chi connectivity index (χ3v) is 4.57. The molecule has 4 aromatic rings. The molecular formula is C20H15ClN4O2. The van der Waals surface area contributed by atoms with Gasteiger partial charge in [-0.1, -0.05) is 29.3 Å². The number of fused-ring (bicyclic) bond motifs is 1. The van der Waals surface area contributed by atoms with E-state index in [2.05, 4.69) is 10.1 Å². The van der Waals surface area contributed by atoms with Crippen molar-refractivity contribution in [1.82, 2.24) is 19.3 Å². The number of hydrogen-bond donors (Lipinski definition) is 0. The number of hydrogen-bond acceptors (Lipinski definition) is 4. The van der Waals surface area contributed by atoms with E-state index < -0.39 is 0 Å². The first kappa shape index (κ1) is 17.2. The monoisotopic (exact) mass is 378 g/mol. The van der Waals surface area contributed by atoms with Gasteiger partial charge >= 0.3 is 0 Å². The average Bonchev–Trinajstić information content (AvgIpc) is 3.10. The van der Waals surface area contributed by atoms with Crippen molar-refractivity contribution in [2.75, 3.05) is 0 Å². The molecule has 134 valence electrons. The van der Waals surface area contributed by atoms with E-state index in [1.54, 1.807) is 28.9 Å². The lowest BCUT2D eigenvalue weighted by Gasteiger charge is -2.06. The Labute approximate surface area is 159 Å². The van der Waals surface area contributed by atoms with Crippen LogP contribution in [0.25, 0.3) is 16.7 Å². The Morgan fingerprint density at radius 3 is 2.48 bits per heavy atom. The van der Waals surface area contributed by atoms with Crippen LogP contribution in [0.4, 0.5) is 0 Å². The molecule has 0 aliphatic rings. The zero-order valence-electron chi connectivity index (χ0n) is 14.5. The summed E-state index contributed by atoms with van der Waals surface area (Å²) in [7, 11) is 0. The van der Waals surface area contributed by atoms with Crippen molar-refractivity contribution < 1.29 is 4.79 Å². The van der Waals surface area contributed by atoms with Gasteiger partial charge in [-0.05, 0) is 43.3 Å². The van der Waals surface area contributed by atoms with Crippen LogP contribution in [0.15, 0.2) is 65.8 Å². The van der Waals surface area contributed by atoms with E-state index in [1.807, 2.05) is 31.2 Å². The fourth-order valence-corrected chi connectivity index (χ4v) is 2.94. The van der Waals surface area contributed by atoms with Gasteiger partial charge in [-0.3, -0.25) is 14.2 Å². The minimum atomic E-state index is -0.305. The number of ketones is 1. The predicted octanol–water partition coefficient (Wildman–Crippen LogP) is 3.43. The van der Waals surface area contributed by atoms with E-state index >= 15 is 0 Å². The highest BCUT2D eigenvalue weighted by Gasteiger charge is 2.14. The largest absolute Gasteiger partial charge is 0.292 e. The number of halogens is 1. The summed E-state index contributed by atoms with van der Waals surface area (Å²) in [4.78, 5) is 29.5. The summed E-state index contributed by atoms with van der Waals surface area (Å²) >= 11 is 5.84. The second-order valence-electron chi connectivity index (χ2n) is 6.24. The van der Waals surface area contributed by atoms with E-state index in [1.165, 1.54) is 17.1 Å². The average molecular weight is 379 g/mol. The Morgan fingerprint density at radius 1 is 1.07 bits per heavy atom. The van der Waals surface area contributed by atoms with Gasteiger partial charge < -0.3 is 0 Å². The van der Waals surface area contributed by atoms with Crippen molar-refractivity contribution >= 4 is 28.4 Å². The van der Waals surface area contributed by atoms with E-state index in [4.69, 9.17) is 11.6 Å². The zero-order valence-corrected chi connectivity index (χ0v) is 15.2. The molecule has 2 aromatic heterocycles. The van der Waals surface area contributed by atoms with Gasteiger partial charge in [0.15, 0.2) is 11.4 Å². The minimum Gasteiger partial charge on any atom is -0.292 e. The molecule has 0 spiro atoms. The predicted molar refractivity (Wildman–Crippen MR) is 104 cm³/mol. The van der Waals surface area contributed by atoms with E-state index in [9.17, 15) is 9.59 Å². The molecule has 27 heavy (non-hydrogen) atoms.